The quantitative estimate of drug-likeness (QED) is 0.778. The number of aliphatic hydroxyl groups is 1. The monoisotopic (exact) mass is 284 g/mol. The van der Waals surface area contributed by atoms with Gasteiger partial charge in [0, 0.05) is 16.3 Å². The molecule has 1 aromatic heterocycles. The molecule has 0 spiro atoms. The Labute approximate surface area is 119 Å². The maximum absolute atomic E-state index is 11.6. The van der Waals surface area contributed by atoms with Crippen molar-refractivity contribution in [2.75, 3.05) is 6.54 Å². The van der Waals surface area contributed by atoms with Crippen LogP contribution in [0.3, 0.4) is 0 Å². The van der Waals surface area contributed by atoms with Gasteiger partial charge in [0.15, 0.2) is 0 Å². The number of hydrogen-bond acceptors (Lipinski definition) is 3. The first-order chi connectivity index (χ1) is 8.82. The third kappa shape index (κ3) is 5.61. The summed E-state index contributed by atoms with van der Waals surface area (Å²) in [5, 5.41) is 15.3. The van der Waals surface area contributed by atoms with Crippen molar-refractivity contribution < 1.29 is 9.90 Å². The zero-order valence-corrected chi connectivity index (χ0v) is 12.9. The van der Waals surface area contributed by atoms with Crippen molar-refractivity contribution in [3.63, 3.8) is 0 Å². The lowest BCUT2D eigenvalue weighted by Gasteiger charge is -2.25. The van der Waals surface area contributed by atoms with Gasteiger partial charge in [-0.05, 0) is 24.0 Å². The van der Waals surface area contributed by atoms with E-state index in [0.717, 1.165) is 11.3 Å². The van der Waals surface area contributed by atoms with E-state index in [1.165, 1.54) is 4.88 Å². The molecule has 0 fully saturated rings. The van der Waals surface area contributed by atoms with E-state index in [1.54, 1.807) is 11.3 Å². The minimum absolute atomic E-state index is 0.225. The second-order valence-electron chi connectivity index (χ2n) is 5.67. The maximum atomic E-state index is 11.6. The molecule has 2 amide bonds. The van der Waals surface area contributed by atoms with Crippen molar-refractivity contribution in [2.45, 2.75) is 46.8 Å². The average Bonchev–Trinajstić information content (AvgIpc) is 2.80. The molecule has 0 aromatic carbocycles. The van der Waals surface area contributed by atoms with Gasteiger partial charge in [0.2, 0.25) is 0 Å². The van der Waals surface area contributed by atoms with Crippen molar-refractivity contribution >= 4 is 17.4 Å². The molecule has 19 heavy (non-hydrogen) atoms. The van der Waals surface area contributed by atoms with E-state index in [1.807, 2.05) is 26.8 Å². The third-order valence-corrected chi connectivity index (χ3v) is 4.17. The summed E-state index contributed by atoms with van der Waals surface area (Å²) < 4.78 is 0. The number of carbonyl (C=O) groups is 1. The minimum Gasteiger partial charge on any atom is -0.391 e. The van der Waals surface area contributed by atoms with Gasteiger partial charge in [0.05, 0.1) is 12.6 Å². The van der Waals surface area contributed by atoms with Crippen LogP contribution in [0.5, 0.6) is 0 Å². The number of thiophene rings is 1. The van der Waals surface area contributed by atoms with Crippen molar-refractivity contribution in [2.24, 2.45) is 5.41 Å². The lowest BCUT2D eigenvalue weighted by atomic mass is 9.89. The highest BCUT2D eigenvalue weighted by atomic mass is 32.1. The molecule has 0 bridgehead atoms. The molecule has 108 valence electrons. The van der Waals surface area contributed by atoms with Crippen LogP contribution in [0.2, 0.25) is 0 Å². The number of nitrogens with one attached hydrogen (secondary N) is 2. The molecule has 1 unspecified atom stereocenters. The molecule has 1 atom stereocenters. The Kier molecular flexibility index (Phi) is 5.82. The second-order valence-corrected chi connectivity index (χ2v) is 6.92. The Balaban J connectivity index is 2.28. The molecule has 0 radical (unpaired) electrons. The number of hydrogen-bond donors (Lipinski definition) is 3. The summed E-state index contributed by atoms with van der Waals surface area (Å²) in [6.07, 6.45) is 0.473. The smallest absolute Gasteiger partial charge is 0.315 e. The number of amides is 2. The molecular formula is C14H24N2O2S. The van der Waals surface area contributed by atoms with Gasteiger partial charge >= 0.3 is 6.03 Å². The predicted molar refractivity (Wildman–Crippen MR) is 79.4 cm³/mol. The van der Waals surface area contributed by atoms with Crippen LogP contribution in [0.1, 0.15) is 37.4 Å². The molecule has 1 rings (SSSR count). The lowest BCUT2D eigenvalue weighted by molar-refractivity contribution is 0.0650. The van der Waals surface area contributed by atoms with E-state index in [-0.39, 0.29) is 18.0 Å². The van der Waals surface area contributed by atoms with Gasteiger partial charge in [-0.15, -0.1) is 11.3 Å². The first-order valence-electron chi connectivity index (χ1n) is 6.60. The van der Waals surface area contributed by atoms with Gasteiger partial charge < -0.3 is 15.7 Å². The summed E-state index contributed by atoms with van der Waals surface area (Å²) in [6, 6.07) is 3.88. The predicted octanol–water partition coefficient (Wildman–Crippen LogP) is 2.52. The Hall–Kier alpha value is -1.07. The molecule has 0 saturated heterocycles. The highest BCUT2D eigenvalue weighted by molar-refractivity contribution is 7.11. The molecule has 0 aliphatic rings. The number of aryl methyl sites for hydroxylation is 1. The van der Waals surface area contributed by atoms with Gasteiger partial charge in [0.1, 0.15) is 0 Å². The Morgan fingerprint density at radius 3 is 2.47 bits per heavy atom. The zero-order valence-electron chi connectivity index (χ0n) is 12.1. The third-order valence-electron chi connectivity index (χ3n) is 2.94. The van der Waals surface area contributed by atoms with Gasteiger partial charge in [-0.1, -0.05) is 27.7 Å². The van der Waals surface area contributed by atoms with E-state index < -0.39 is 6.10 Å². The van der Waals surface area contributed by atoms with Crippen LogP contribution in [0.15, 0.2) is 12.1 Å². The number of rotatable bonds is 5. The molecule has 5 heteroatoms. The summed E-state index contributed by atoms with van der Waals surface area (Å²) in [6.45, 7) is 8.73. The molecule has 1 heterocycles. The number of carbonyl (C=O) groups excluding carboxylic acids is 1. The largest absolute Gasteiger partial charge is 0.391 e. The van der Waals surface area contributed by atoms with Crippen molar-refractivity contribution in [1.82, 2.24) is 10.6 Å². The minimum atomic E-state index is -0.549. The topological polar surface area (TPSA) is 61.4 Å². The van der Waals surface area contributed by atoms with Gasteiger partial charge in [-0.2, -0.15) is 0 Å². The molecule has 0 aliphatic carbocycles. The van der Waals surface area contributed by atoms with Crippen molar-refractivity contribution in [1.29, 1.82) is 0 Å². The summed E-state index contributed by atoms with van der Waals surface area (Å²) in [5.74, 6) is 0. The van der Waals surface area contributed by atoms with Crippen LogP contribution in [0.25, 0.3) is 0 Å². The van der Waals surface area contributed by atoms with Crippen LogP contribution >= 0.6 is 11.3 Å². The fourth-order valence-corrected chi connectivity index (χ4v) is 2.33. The van der Waals surface area contributed by atoms with Crippen molar-refractivity contribution in [3.05, 3.63) is 21.9 Å². The van der Waals surface area contributed by atoms with Crippen LogP contribution in [-0.2, 0) is 13.0 Å². The Bertz CT molecular complexity index is 410. The molecule has 0 aliphatic heterocycles. The maximum Gasteiger partial charge on any atom is 0.315 e. The van der Waals surface area contributed by atoms with Crippen molar-refractivity contribution in [3.8, 4) is 0 Å². The van der Waals surface area contributed by atoms with E-state index >= 15 is 0 Å². The van der Waals surface area contributed by atoms with Crippen LogP contribution < -0.4 is 10.6 Å². The zero-order chi connectivity index (χ0) is 14.5. The Morgan fingerprint density at radius 2 is 1.95 bits per heavy atom. The van der Waals surface area contributed by atoms with Crippen LogP contribution in [0, 0.1) is 5.41 Å². The molecule has 4 nitrogen and oxygen atoms in total. The molecule has 3 N–H and O–H groups in total. The Morgan fingerprint density at radius 1 is 1.32 bits per heavy atom. The summed E-state index contributed by atoms with van der Waals surface area (Å²) in [7, 11) is 0. The molecule has 1 aromatic rings. The van der Waals surface area contributed by atoms with Gasteiger partial charge in [-0.25, -0.2) is 4.79 Å². The lowest BCUT2D eigenvalue weighted by Crippen LogP contribution is -2.43. The molecule has 0 saturated carbocycles. The number of aliphatic hydroxyl groups excluding tert-OH is 1. The number of urea groups is 1. The fourth-order valence-electron chi connectivity index (χ4n) is 1.43. The standard InChI is InChI=1S/C14H24N2O2S/c1-5-10-6-7-11(19-10)8-15-13(18)16-9-12(17)14(2,3)4/h6-7,12,17H,5,8-9H2,1-4H3,(H2,15,16,18). The van der Waals surface area contributed by atoms with E-state index in [9.17, 15) is 9.90 Å². The fraction of sp³-hybridized carbons (Fsp3) is 0.643. The van der Waals surface area contributed by atoms with Gasteiger partial charge in [0.25, 0.3) is 0 Å². The first kappa shape index (κ1) is 16.0. The molecular weight excluding hydrogens is 260 g/mol. The average molecular weight is 284 g/mol. The SMILES string of the molecule is CCc1ccc(CNC(=O)NCC(O)C(C)(C)C)s1. The highest BCUT2D eigenvalue weighted by Crippen LogP contribution is 2.18. The second kappa shape index (κ2) is 6.91. The van der Waals surface area contributed by atoms with Crippen LogP contribution in [-0.4, -0.2) is 23.8 Å². The van der Waals surface area contributed by atoms with E-state index in [4.69, 9.17) is 0 Å². The van der Waals surface area contributed by atoms with Gasteiger partial charge in [-0.3, -0.25) is 0 Å². The van der Waals surface area contributed by atoms with E-state index in [2.05, 4.69) is 23.6 Å². The summed E-state index contributed by atoms with van der Waals surface area (Å²) in [5.41, 5.74) is -0.225. The van der Waals surface area contributed by atoms with Crippen LogP contribution in [0.4, 0.5) is 4.79 Å². The summed E-state index contributed by atoms with van der Waals surface area (Å²) in [4.78, 5) is 14.1. The van der Waals surface area contributed by atoms with E-state index in [0.29, 0.717) is 6.54 Å². The summed E-state index contributed by atoms with van der Waals surface area (Å²) >= 11 is 1.71. The highest BCUT2D eigenvalue weighted by Gasteiger charge is 2.22. The normalized spacial score (nSPS) is 13.1. The first-order valence-corrected chi connectivity index (χ1v) is 7.42.